The lowest BCUT2D eigenvalue weighted by Gasteiger charge is -2.35. The number of carbonyl (C=O) groups is 4. The summed E-state index contributed by atoms with van der Waals surface area (Å²) in [4.78, 5) is 68.7. The maximum Gasteiger partial charge on any atom is 0.217 e. The first kappa shape index (κ1) is 98.1. The zero-order chi connectivity index (χ0) is 91.0. The lowest BCUT2D eigenvalue weighted by Crippen LogP contribution is -2.44. The van der Waals surface area contributed by atoms with E-state index in [0.29, 0.717) is 94.2 Å². The number of nitrogens with one attached hydrogen (secondary N) is 7. The molecule has 8 aromatic rings. The van der Waals surface area contributed by atoms with Crippen LogP contribution >= 0.6 is 46.4 Å². The van der Waals surface area contributed by atoms with Crippen molar-refractivity contribution in [1.82, 2.24) is 40.2 Å². The van der Waals surface area contributed by atoms with Gasteiger partial charge in [0, 0.05) is 235 Å². The van der Waals surface area contributed by atoms with Crippen LogP contribution in [0.1, 0.15) is 153 Å². The van der Waals surface area contributed by atoms with Crippen LogP contribution in [-0.2, 0) is 78.6 Å². The molecule has 6 atom stereocenters. The molecule has 4 aromatic carbocycles. The van der Waals surface area contributed by atoms with E-state index in [1.165, 1.54) is 4.31 Å². The molecule has 0 spiro atoms. The van der Waals surface area contributed by atoms with E-state index in [1.807, 2.05) is 66.7 Å². The van der Waals surface area contributed by atoms with E-state index in [0.717, 1.165) is 280 Å². The Morgan fingerprint density at radius 1 is 0.408 bits per heavy atom. The minimum atomic E-state index is -3.26. The zero-order valence-corrected chi connectivity index (χ0v) is 79.6. The molecule has 0 amide bonds. The molecule has 28 heteroatoms. The Kier molecular flexibility index (Phi) is 36.1. The van der Waals surface area contributed by atoms with Gasteiger partial charge in [-0.05, 0) is 262 Å². The molecular weight excluding hydrogens is 1740 g/mol. The van der Waals surface area contributed by atoms with E-state index < -0.39 is 16.1 Å². The number of hydrogen-bond donors (Lipinski definition) is 7. The molecule has 4 aromatic heterocycles. The smallest absolute Gasteiger partial charge is 0.217 e. The summed E-state index contributed by atoms with van der Waals surface area (Å²) in [6.07, 6.45) is 22.9. The molecule has 8 aliphatic heterocycles. The number of nitrogens with zero attached hydrogens (tertiary/aromatic N) is 5. The van der Waals surface area contributed by atoms with E-state index in [9.17, 15) is 27.6 Å². The lowest BCUT2D eigenvalue weighted by atomic mass is 9.88. The number of aromatic nitrogens is 4. The van der Waals surface area contributed by atoms with Crippen molar-refractivity contribution >= 4 is 102 Å². The summed E-state index contributed by atoms with van der Waals surface area (Å²) in [5, 5.41) is 26.2. The molecule has 8 saturated heterocycles. The minimum absolute atomic E-state index is 0.0369. The fourth-order valence-corrected chi connectivity index (χ4v) is 21.5. The number of anilines is 4. The molecular formula is C102H130Cl4N12O11S. The van der Waals surface area contributed by atoms with Crippen LogP contribution in [0.4, 0.5) is 22.7 Å². The van der Waals surface area contributed by atoms with Crippen molar-refractivity contribution in [3.8, 4) is 44.5 Å². The Morgan fingerprint density at radius 3 is 1.10 bits per heavy atom. The molecule has 7 N–H and O–H groups in total. The van der Waals surface area contributed by atoms with Gasteiger partial charge in [-0.3, -0.25) is 39.1 Å². The number of benzene rings is 4. The van der Waals surface area contributed by atoms with Crippen molar-refractivity contribution in [2.75, 3.05) is 146 Å². The maximum atomic E-state index is 13.1. The van der Waals surface area contributed by atoms with Crippen molar-refractivity contribution in [1.29, 1.82) is 0 Å². The average Bonchev–Trinajstić information content (AvgIpc) is 1.64. The third-order valence-electron chi connectivity index (χ3n) is 26.4. The molecule has 0 unspecified atom stereocenters. The van der Waals surface area contributed by atoms with Gasteiger partial charge in [-0.15, -0.1) is 0 Å². The maximum absolute atomic E-state index is 13.1. The van der Waals surface area contributed by atoms with Gasteiger partial charge in [-0.2, -0.15) is 0 Å². The highest BCUT2D eigenvalue weighted by molar-refractivity contribution is 7.90. The Labute approximate surface area is 788 Å². The summed E-state index contributed by atoms with van der Waals surface area (Å²) >= 11 is 26.0. The molecule has 1 saturated carbocycles. The number of hydrogen-bond acceptors (Lipinski definition) is 22. The fraction of sp³-hybridized carbons (Fsp3) is 0.529. The van der Waals surface area contributed by atoms with Crippen molar-refractivity contribution in [2.45, 2.75) is 179 Å². The van der Waals surface area contributed by atoms with Crippen LogP contribution in [0, 0.1) is 41.4 Å². The van der Waals surface area contributed by atoms with Gasteiger partial charge in [-0.25, -0.2) is 12.7 Å². The topological polar surface area (TPSA) is 288 Å². The van der Waals surface area contributed by atoms with Gasteiger partial charge in [0.15, 0.2) is 5.78 Å². The molecule has 23 nitrogen and oxygen atoms in total. The third kappa shape index (κ3) is 29.3. The molecule has 12 heterocycles. The standard InChI is InChI=1S/C27H34ClN3O4S.2C26H34ClN3O2.C23H28ClN3O3/c28-26-17-30-23(15-27(32)21-4-2-10-31(18-21)36(33,34)24-6-7-24)14-25(26)20-3-1-5-22(13-20)29-16-19-8-11-35-12-9-19;2*1-26(2)14-18(8-10-32-26)15-29-21-7-3-5-19(11-21)23-12-22(30-17-24(23)27)13-25(31)20-6-4-9-28-16-20;24-21-14-27-19(12-22(28)23-15-25-6-9-30-23)11-20(21)17-2-1-3-18(10-17)26-13-16-4-7-29-8-5-16/h1,3,5,13-14,17,19,21,24,29H,2,4,6-12,15-16,18H2;2*3,5,7,11-12,17-18,20,28-29H,4,6,8-10,13-16H2,1-2H3;1-3,10-11,14,16,23,25-26H,4-9,12-13,15H2/t21-;18-,20+;18-,20-;23-/m0011/s1. The monoisotopic (exact) mass is 1870 g/mol. The van der Waals surface area contributed by atoms with Gasteiger partial charge >= 0.3 is 0 Å². The molecule has 0 bridgehead atoms. The van der Waals surface area contributed by atoms with Crippen molar-refractivity contribution in [3.05, 3.63) is 189 Å². The average molecular weight is 1870 g/mol. The minimum Gasteiger partial charge on any atom is -0.385 e. The van der Waals surface area contributed by atoms with E-state index in [4.69, 9.17) is 70.1 Å². The molecule has 9 aliphatic rings. The van der Waals surface area contributed by atoms with Crippen LogP contribution in [0.3, 0.4) is 0 Å². The van der Waals surface area contributed by atoms with Crippen LogP contribution in [0.25, 0.3) is 44.5 Å². The molecule has 698 valence electrons. The number of ketones is 4. The quantitative estimate of drug-likeness (QED) is 0.0220. The second-order valence-electron chi connectivity index (χ2n) is 37.7. The van der Waals surface area contributed by atoms with Crippen LogP contribution in [0.15, 0.2) is 146 Å². The van der Waals surface area contributed by atoms with Crippen LogP contribution in [0.2, 0.25) is 20.1 Å². The number of pyridine rings is 4. The first-order valence-corrected chi connectivity index (χ1v) is 50.1. The predicted molar refractivity (Wildman–Crippen MR) is 520 cm³/mol. The summed E-state index contributed by atoms with van der Waals surface area (Å²) in [5.74, 6) is 2.93. The third-order valence-corrected chi connectivity index (χ3v) is 29.9. The second-order valence-corrected chi connectivity index (χ2v) is 41.5. The number of ether oxygens (including phenoxy) is 5. The lowest BCUT2D eigenvalue weighted by molar-refractivity contribution is -0.131. The normalized spacial score (nSPS) is 22.0. The van der Waals surface area contributed by atoms with Crippen LogP contribution in [-0.4, -0.2) is 203 Å². The van der Waals surface area contributed by atoms with Gasteiger partial charge in [0.1, 0.15) is 23.5 Å². The van der Waals surface area contributed by atoms with E-state index in [1.54, 1.807) is 24.8 Å². The highest BCUT2D eigenvalue weighted by Gasteiger charge is 2.43. The van der Waals surface area contributed by atoms with Gasteiger partial charge in [-0.1, -0.05) is 94.9 Å². The second kappa shape index (κ2) is 47.8. The number of Topliss-reactive ketones (excluding diaryl/α,β-unsaturated/α-hetero) is 4. The van der Waals surface area contributed by atoms with E-state index in [-0.39, 0.29) is 70.2 Å². The molecule has 130 heavy (non-hydrogen) atoms. The Morgan fingerprint density at radius 2 is 0.754 bits per heavy atom. The highest BCUT2D eigenvalue weighted by Crippen LogP contribution is 2.39. The number of halogens is 4. The predicted octanol–water partition coefficient (Wildman–Crippen LogP) is 18.2. The number of piperidine rings is 3. The first-order chi connectivity index (χ1) is 62.9. The Balaban J connectivity index is 0.000000140. The van der Waals surface area contributed by atoms with Crippen LogP contribution < -0.4 is 37.2 Å². The van der Waals surface area contributed by atoms with Gasteiger partial charge in [0.2, 0.25) is 10.0 Å². The number of morpholine rings is 1. The van der Waals surface area contributed by atoms with E-state index >= 15 is 0 Å². The Bertz CT molecular complexity index is 5060. The number of sulfonamides is 1. The number of rotatable bonds is 30. The van der Waals surface area contributed by atoms with Crippen molar-refractivity contribution in [3.63, 3.8) is 0 Å². The first-order valence-electron chi connectivity index (χ1n) is 47.1. The zero-order valence-electron chi connectivity index (χ0n) is 75.8. The summed E-state index contributed by atoms with van der Waals surface area (Å²) in [7, 11) is -3.26. The van der Waals surface area contributed by atoms with Crippen molar-refractivity contribution < 1.29 is 51.3 Å². The molecule has 9 fully saturated rings. The summed E-state index contributed by atoms with van der Waals surface area (Å²) in [6.45, 7) is 23.6. The number of carbonyl (C=O) groups excluding carboxylic acids is 4. The SMILES string of the molecule is CC1(C)C[C@@H](CNc2cccc(-c3cc(CC(=O)[C@@H]4CCCNC4)ncc3Cl)c2)CCO1.CC1(C)C[C@H](CNc2cccc(-c3cc(CC(=O)[C@@H]4CCCNC4)ncc3Cl)c2)CCO1.O=C(Cc1cc(-c2cccc(NCC3CCOCC3)c2)c(Cl)cn1)[C@H]1CCCN(S(=O)(=O)C2CC2)C1.O=C(Cc1cc(-c2cccc(NCC3CCOCC3)c2)c(Cl)cn1)[C@H]1CNCCO1. The van der Waals surface area contributed by atoms with E-state index in [2.05, 4.69) is 139 Å². The van der Waals surface area contributed by atoms with Crippen molar-refractivity contribution in [2.24, 2.45) is 41.4 Å². The van der Waals surface area contributed by atoms with Crippen LogP contribution in [0.5, 0.6) is 0 Å². The highest BCUT2D eigenvalue weighted by atomic mass is 35.5. The molecule has 1 aliphatic carbocycles. The summed E-state index contributed by atoms with van der Waals surface area (Å²) < 4.78 is 55.0. The van der Waals surface area contributed by atoms with Gasteiger partial charge in [0.25, 0.3) is 0 Å². The summed E-state index contributed by atoms with van der Waals surface area (Å²) in [6, 6.07) is 40.7. The van der Waals surface area contributed by atoms with Gasteiger partial charge in [0.05, 0.1) is 49.6 Å². The molecule has 0 radical (unpaired) electrons. The van der Waals surface area contributed by atoms with Gasteiger partial charge < -0.3 is 60.9 Å². The Hall–Kier alpha value is -7.89. The summed E-state index contributed by atoms with van der Waals surface area (Å²) in [5.41, 5.74) is 14.7. The molecule has 17 rings (SSSR count). The fourth-order valence-electron chi connectivity index (χ4n) is 18.7. The largest absolute Gasteiger partial charge is 0.385 e.